The number of halogens is 1. The molecule has 1 aliphatic heterocycles. The summed E-state index contributed by atoms with van der Waals surface area (Å²) >= 11 is 2.12. The van der Waals surface area contributed by atoms with Crippen molar-refractivity contribution in [2.45, 2.75) is 73.4 Å². The van der Waals surface area contributed by atoms with Crippen LogP contribution in [-0.2, 0) is 24.7 Å². The van der Waals surface area contributed by atoms with Gasteiger partial charge in [0.1, 0.15) is 15.1 Å². The van der Waals surface area contributed by atoms with Gasteiger partial charge in [-0.2, -0.15) is 0 Å². The van der Waals surface area contributed by atoms with Crippen LogP contribution in [-0.4, -0.2) is 34.6 Å². The second kappa shape index (κ2) is 8.01. The van der Waals surface area contributed by atoms with Gasteiger partial charge in [0.25, 0.3) is 0 Å². The molecule has 6 rings (SSSR count). The molecule has 1 saturated heterocycles. The molecule has 0 aromatic heterocycles. The Hall–Kier alpha value is -1.15. The molecule has 0 radical (unpaired) electrons. The summed E-state index contributed by atoms with van der Waals surface area (Å²) in [6.07, 6.45) is 6.93. The minimum Gasteiger partial charge on any atom is -0.458 e. The van der Waals surface area contributed by atoms with Crippen LogP contribution >= 0.6 is 22.6 Å². The first-order valence-corrected chi connectivity index (χ1v) is 13.0. The van der Waals surface area contributed by atoms with Crippen LogP contribution in [0.5, 0.6) is 0 Å². The summed E-state index contributed by atoms with van der Waals surface area (Å²) in [6.45, 7) is 3.55. The molecule has 4 saturated carbocycles. The Kier molecular flexibility index (Phi) is 5.60. The molecule has 5 aliphatic rings. The van der Waals surface area contributed by atoms with E-state index in [2.05, 4.69) is 40.0 Å². The summed E-state index contributed by atoms with van der Waals surface area (Å²) < 4.78 is 12.5. The normalized spacial score (nSPS) is 36.6. The fourth-order valence-corrected chi connectivity index (χ4v) is 7.27. The zero-order valence-electron chi connectivity index (χ0n) is 18.2. The molecule has 1 N–H and O–H groups in total. The number of nitrogens with one attached hydrogen (secondary N) is 1. The Morgan fingerprint density at radius 3 is 2.29 bits per heavy atom. The van der Waals surface area contributed by atoms with Crippen LogP contribution in [0.25, 0.3) is 0 Å². The number of rotatable bonds is 5. The predicted molar refractivity (Wildman–Crippen MR) is 126 cm³/mol. The van der Waals surface area contributed by atoms with Crippen LogP contribution in [0.1, 0.15) is 63.9 Å². The number of ether oxygens (including phenoxy) is 2. The largest absolute Gasteiger partial charge is 0.458 e. The van der Waals surface area contributed by atoms with Crippen LogP contribution in [0.4, 0.5) is 0 Å². The second-order valence-electron chi connectivity index (χ2n) is 10.5. The van der Waals surface area contributed by atoms with E-state index in [0.717, 1.165) is 63.6 Å². The maximum atomic E-state index is 13.9. The molecule has 168 valence electrons. The van der Waals surface area contributed by atoms with E-state index in [1.165, 1.54) is 0 Å². The topological polar surface area (TPSA) is 64.6 Å². The smallest absolute Gasteiger partial charge is 0.319 e. The summed E-state index contributed by atoms with van der Waals surface area (Å²) in [6, 6.07) is 10.2. The summed E-state index contributed by atoms with van der Waals surface area (Å²) in [5, 5.41) is 3.41. The van der Waals surface area contributed by atoms with E-state index in [1.54, 1.807) is 0 Å². The van der Waals surface area contributed by atoms with Crippen molar-refractivity contribution < 1.29 is 19.1 Å². The van der Waals surface area contributed by atoms with Crippen LogP contribution < -0.4 is 5.32 Å². The van der Waals surface area contributed by atoms with Crippen molar-refractivity contribution >= 4 is 34.5 Å². The molecule has 1 aromatic carbocycles. The van der Waals surface area contributed by atoms with Crippen molar-refractivity contribution in [3.8, 4) is 0 Å². The van der Waals surface area contributed by atoms with Crippen LogP contribution in [0.2, 0.25) is 0 Å². The predicted octanol–water partition coefficient (Wildman–Crippen LogP) is 4.51. The van der Waals surface area contributed by atoms with Crippen molar-refractivity contribution in [1.82, 2.24) is 5.32 Å². The Labute approximate surface area is 198 Å². The number of benzene rings is 1. The first kappa shape index (κ1) is 21.7. The summed E-state index contributed by atoms with van der Waals surface area (Å²) in [5.41, 5.74) is -0.457. The molecule has 4 aliphatic carbocycles. The number of piperidine rings is 1. The first-order chi connectivity index (χ1) is 14.8. The summed E-state index contributed by atoms with van der Waals surface area (Å²) in [5.74, 6) is 0.694. The van der Waals surface area contributed by atoms with Crippen molar-refractivity contribution in [3.05, 3.63) is 35.9 Å². The molecule has 4 bridgehead atoms. The van der Waals surface area contributed by atoms with Crippen LogP contribution in [0.3, 0.4) is 0 Å². The maximum absolute atomic E-state index is 13.9. The van der Waals surface area contributed by atoms with Gasteiger partial charge in [0.15, 0.2) is 0 Å². The van der Waals surface area contributed by atoms with E-state index in [9.17, 15) is 9.59 Å². The molecule has 0 amide bonds. The van der Waals surface area contributed by atoms with E-state index in [-0.39, 0.29) is 15.9 Å². The van der Waals surface area contributed by atoms with Crippen molar-refractivity contribution in [1.29, 1.82) is 0 Å². The fraction of sp³-hybridized carbons (Fsp3) is 0.680. The minimum atomic E-state index is -0.562. The lowest BCUT2D eigenvalue weighted by molar-refractivity contribution is -0.221. The number of carbonyl (C=O) groups excluding carboxylic acids is 2. The van der Waals surface area contributed by atoms with Gasteiger partial charge in [-0.1, -0.05) is 52.9 Å². The second-order valence-corrected chi connectivity index (χ2v) is 12.3. The van der Waals surface area contributed by atoms with Gasteiger partial charge in [-0.3, -0.25) is 9.59 Å². The van der Waals surface area contributed by atoms with Gasteiger partial charge in [-0.15, -0.1) is 0 Å². The van der Waals surface area contributed by atoms with Gasteiger partial charge in [-0.25, -0.2) is 0 Å². The van der Waals surface area contributed by atoms with Gasteiger partial charge in [-0.05, 0) is 69.5 Å². The monoisotopic (exact) mass is 537 g/mol. The Balaban J connectivity index is 1.42. The van der Waals surface area contributed by atoms with E-state index in [4.69, 9.17) is 9.47 Å². The molecular weight excluding hydrogens is 505 g/mol. The van der Waals surface area contributed by atoms with Crippen molar-refractivity contribution in [2.75, 3.05) is 13.1 Å². The summed E-state index contributed by atoms with van der Waals surface area (Å²) in [7, 11) is 0. The van der Waals surface area contributed by atoms with Gasteiger partial charge < -0.3 is 14.8 Å². The highest BCUT2D eigenvalue weighted by Crippen LogP contribution is 2.63. The minimum absolute atomic E-state index is 0.0599. The average molecular weight is 537 g/mol. The third-order valence-corrected chi connectivity index (χ3v) is 8.59. The van der Waals surface area contributed by atoms with E-state index < -0.39 is 16.6 Å². The molecule has 6 heteroatoms. The molecule has 1 aromatic rings. The molecule has 0 spiro atoms. The van der Waals surface area contributed by atoms with Crippen LogP contribution in [0.15, 0.2) is 30.3 Å². The number of esters is 2. The zero-order chi connectivity index (χ0) is 21.7. The van der Waals surface area contributed by atoms with E-state index in [0.29, 0.717) is 18.3 Å². The quantitative estimate of drug-likeness (QED) is 0.340. The van der Waals surface area contributed by atoms with Gasteiger partial charge in [0.2, 0.25) is 0 Å². The number of alkyl halides is 1. The van der Waals surface area contributed by atoms with E-state index >= 15 is 0 Å². The van der Waals surface area contributed by atoms with Crippen molar-refractivity contribution in [3.63, 3.8) is 0 Å². The lowest BCUT2D eigenvalue weighted by Gasteiger charge is -2.60. The van der Waals surface area contributed by atoms with Gasteiger partial charge >= 0.3 is 11.9 Å². The fourth-order valence-electron chi connectivity index (χ4n) is 7.14. The number of hydrogen-bond acceptors (Lipinski definition) is 5. The Morgan fingerprint density at radius 1 is 1.03 bits per heavy atom. The highest BCUT2D eigenvalue weighted by atomic mass is 127. The van der Waals surface area contributed by atoms with Crippen LogP contribution in [0, 0.1) is 17.3 Å². The molecule has 5 nitrogen and oxygen atoms in total. The summed E-state index contributed by atoms with van der Waals surface area (Å²) in [4.78, 5) is 26.4. The van der Waals surface area contributed by atoms with E-state index in [1.807, 2.05) is 25.1 Å². The Bertz CT molecular complexity index is 834. The molecule has 1 heterocycles. The average Bonchev–Trinajstić information content (AvgIpc) is 2.73. The third-order valence-electron chi connectivity index (χ3n) is 8.08. The number of hydrogen-bond donors (Lipinski definition) is 1. The number of carbonyl (C=O) groups is 2. The van der Waals surface area contributed by atoms with Gasteiger partial charge in [0, 0.05) is 19.3 Å². The highest BCUT2D eigenvalue weighted by molar-refractivity contribution is 14.1. The molecule has 31 heavy (non-hydrogen) atoms. The van der Waals surface area contributed by atoms with Crippen molar-refractivity contribution in [2.24, 2.45) is 17.3 Å². The molecule has 5 fully saturated rings. The highest BCUT2D eigenvalue weighted by Gasteiger charge is 2.63. The van der Waals surface area contributed by atoms with Gasteiger partial charge in [0.05, 0.1) is 5.41 Å². The third kappa shape index (κ3) is 3.92. The lowest BCUT2D eigenvalue weighted by atomic mass is 9.48. The Morgan fingerprint density at radius 2 is 1.68 bits per heavy atom. The maximum Gasteiger partial charge on any atom is 0.319 e. The first-order valence-electron chi connectivity index (χ1n) is 11.7. The molecular formula is C25H32INO4. The zero-order valence-corrected chi connectivity index (χ0v) is 20.4. The molecule has 3 atom stereocenters. The SMILES string of the molecule is CC(I)C(=O)OC12CC3CC(C1)CC(C(=O)OC1(c4ccccc4)CCNCC1)(C3)C2. The standard InChI is InChI=1S/C25H32INO4/c1-17(26)21(28)30-24-14-18-11-19(15-24)13-23(12-18,16-24)22(29)31-25(7-9-27-10-8-25)20-5-3-2-4-6-20/h2-6,17-19,27H,7-16H2,1H3. The molecule has 3 unspecified atom stereocenters. The lowest BCUT2D eigenvalue weighted by Crippen LogP contribution is -2.61.